The Morgan fingerprint density at radius 3 is 2.84 bits per heavy atom. The van der Waals surface area contributed by atoms with Gasteiger partial charge in [0.1, 0.15) is 0 Å². The number of amides is 1. The fourth-order valence-electron chi connectivity index (χ4n) is 1.86. The summed E-state index contributed by atoms with van der Waals surface area (Å²) in [7, 11) is 1.62. The van der Waals surface area contributed by atoms with Crippen molar-refractivity contribution in [2.24, 2.45) is 0 Å². The molecule has 1 atom stereocenters. The number of halogens is 1. The van der Waals surface area contributed by atoms with E-state index in [0.717, 1.165) is 12.8 Å². The van der Waals surface area contributed by atoms with Crippen LogP contribution in [-0.2, 0) is 16.0 Å². The fourth-order valence-corrected chi connectivity index (χ4v) is 2.09. The predicted molar refractivity (Wildman–Crippen MR) is 78.6 cm³/mol. The molecule has 0 aliphatic rings. The molecule has 0 aliphatic heterocycles. The Labute approximate surface area is 120 Å². The number of rotatable bonds is 8. The van der Waals surface area contributed by atoms with Gasteiger partial charge in [-0.15, -0.1) is 11.6 Å². The van der Waals surface area contributed by atoms with Gasteiger partial charge in [0.25, 0.3) is 0 Å². The molecule has 0 heterocycles. The van der Waals surface area contributed by atoms with Crippen molar-refractivity contribution in [3.8, 4) is 0 Å². The Kier molecular flexibility index (Phi) is 7.53. The van der Waals surface area contributed by atoms with E-state index >= 15 is 0 Å². The van der Waals surface area contributed by atoms with Crippen molar-refractivity contribution in [3.63, 3.8) is 0 Å². The molecule has 1 aromatic rings. The Morgan fingerprint density at radius 2 is 2.16 bits per heavy atom. The van der Waals surface area contributed by atoms with Gasteiger partial charge in [0.05, 0.1) is 12.0 Å². The molecular formula is C15H22ClNO2. The second kappa shape index (κ2) is 8.94. The molecule has 1 rings (SSSR count). The third-order valence-corrected chi connectivity index (χ3v) is 3.35. The van der Waals surface area contributed by atoms with Gasteiger partial charge in [-0.05, 0) is 30.9 Å². The van der Waals surface area contributed by atoms with Crippen LogP contribution in [0.1, 0.15) is 24.0 Å². The van der Waals surface area contributed by atoms with E-state index in [4.69, 9.17) is 16.3 Å². The molecule has 4 heteroatoms. The van der Waals surface area contributed by atoms with Crippen LogP contribution in [0.5, 0.6) is 0 Å². The summed E-state index contributed by atoms with van der Waals surface area (Å²) in [4.78, 5) is 11.7. The largest absolute Gasteiger partial charge is 0.383 e. The molecule has 1 aromatic carbocycles. The van der Waals surface area contributed by atoms with E-state index in [1.807, 2.05) is 12.1 Å². The number of benzene rings is 1. The molecule has 0 radical (unpaired) electrons. The van der Waals surface area contributed by atoms with Gasteiger partial charge in [0.2, 0.25) is 5.91 Å². The van der Waals surface area contributed by atoms with Gasteiger partial charge in [0, 0.05) is 20.1 Å². The minimum atomic E-state index is -0.0401. The maximum absolute atomic E-state index is 11.7. The first kappa shape index (κ1) is 16.0. The van der Waals surface area contributed by atoms with Crippen LogP contribution in [0.15, 0.2) is 24.3 Å². The molecule has 0 saturated heterocycles. The monoisotopic (exact) mass is 283 g/mol. The minimum absolute atomic E-state index is 0.0401. The van der Waals surface area contributed by atoms with Crippen molar-refractivity contribution < 1.29 is 9.53 Å². The van der Waals surface area contributed by atoms with E-state index in [0.29, 0.717) is 19.6 Å². The average Bonchev–Trinajstić information content (AvgIpc) is 2.38. The zero-order chi connectivity index (χ0) is 14.1. The van der Waals surface area contributed by atoms with E-state index in [1.165, 1.54) is 11.1 Å². The summed E-state index contributed by atoms with van der Waals surface area (Å²) in [5.41, 5.74) is 2.46. The number of alkyl halides is 1. The second-order valence-electron chi connectivity index (χ2n) is 4.62. The van der Waals surface area contributed by atoms with Crippen LogP contribution < -0.4 is 5.32 Å². The van der Waals surface area contributed by atoms with Gasteiger partial charge in [0.15, 0.2) is 0 Å². The van der Waals surface area contributed by atoms with E-state index in [1.54, 1.807) is 7.11 Å². The molecule has 1 unspecified atom stereocenters. The van der Waals surface area contributed by atoms with Gasteiger partial charge < -0.3 is 10.1 Å². The molecule has 1 N–H and O–H groups in total. The second-order valence-corrected chi connectivity index (χ2v) is 5.23. The number of methoxy groups -OCH3 is 1. The third-order valence-electron chi connectivity index (χ3n) is 3.01. The lowest BCUT2D eigenvalue weighted by Crippen LogP contribution is -2.27. The molecule has 0 fully saturated rings. The number of ether oxygens (including phenoxy) is 1. The summed E-state index contributed by atoms with van der Waals surface area (Å²) in [5.74, 6) is 0.0736. The van der Waals surface area contributed by atoms with E-state index in [2.05, 4.69) is 24.4 Å². The van der Waals surface area contributed by atoms with Crippen LogP contribution in [0.2, 0.25) is 0 Å². The Hall–Kier alpha value is -1.06. The number of aryl methyl sites for hydroxylation is 2. The lowest BCUT2D eigenvalue weighted by Gasteiger charge is -2.09. The number of nitrogens with one attached hydrogen (secondary N) is 1. The van der Waals surface area contributed by atoms with Crippen LogP contribution >= 0.6 is 11.6 Å². The highest BCUT2D eigenvalue weighted by Crippen LogP contribution is 2.09. The Morgan fingerprint density at radius 1 is 1.42 bits per heavy atom. The highest BCUT2D eigenvalue weighted by molar-refractivity contribution is 6.20. The van der Waals surface area contributed by atoms with Crippen molar-refractivity contribution in [3.05, 3.63) is 35.4 Å². The topological polar surface area (TPSA) is 38.3 Å². The predicted octanol–water partition coefficient (Wildman–Crippen LogP) is 2.69. The molecule has 3 nitrogen and oxygen atoms in total. The van der Waals surface area contributed by atoms with Crippen molar-refractivity contribution in [2.75, 3.05) is 20.3 Å². The molecule has 19 heavy (non-hydrogen) atoms. The molecule has 0 bridgehead atoms. The van der Waals surface area contributed by atoms with E-state index in [9.17, 15) is 4.79 Å². The number of hydrogen-bond donors (Lipinski definition) is 1. The zero-order valence-electron chi connectivity index (χ0n) is 11.6. The fraction of sp³-hybridized carbons (Fsp3) is 0.533. The lowest BCUT2D eigenvalue weighted by atomic mass is 10.0. The Bertz CT molecular complexity index is 395. The standard InChI is InChI=1S/C15H22ClNO2/c1-12-5-3-4-6-13(12)7-8-15(18)17-10-9-14(16)11-19-2/h3-6,14H,7-11H2,1-2H3,(H,17,18). The highest BCUT2D eigenvalue weighted by Gasteiger charge is 2.06. The molecule has 0 spiro atoms. The molecule has 106 valence electrons. The highest BCUT2D eigenvalue weighted by atomic mass is 35.5. The van der Waals surface area contributed by atoms with Crippen LogP contribution in [0.4, 0.5) is 0 Å². The van der Waals surface area contributed by atoms with Gasteiger partial charge in [-0.25, -0.2) is 0 Å². The maximum atomic E-state index is 11.7. The minimum Gasteiger partial charge on any atom is -0.383 e. The average molecular weight is 284 g/mol. The van der Waals surface area contributed by atoms with Crippen LogP contribution in [0, 0.1) is 6.92 Å². The molecular weight excluding hydrogens is 262 g/mol. The summed E-state index contributed by atoms with van der Waals surface area (Å²) >= 11 is 5.98. The third kappa shape index (κ3) is 6.60. The molecule has 1 amide bonds. The molecule has 0 saturated carbocycles. The number of carbonyl (C=O) groups excluding carboxylic acids is 1. The van der Waals surface area contributed by atoms with Crippen molar-refractivity contribution in [2.45, 2.75) is 31.6 Å². The first-order chi connectivity index (χ1) is 9.13. The van der Waals surface area contributed by atoms with Crippen LogP contribution in [0.3, 0.4) is 0 Å². The quantitative estimate of drug-likeness (QED) is 0.745. The summed E-state index contributed by atoms with van der Waals surface area (Å²) in [6.07, 6.45) is 2.02. The van der Waals surface area contributed by atoms with Crippen molar-refractivity contribution >= 4 is 17.5 Å². The van der Waals surface area contributed by atoms with Gasteiger partial charge in [-0.3, -0.25) is 4.79 Å². The maximum Gasteiger partial charge on any atom is 0.220 e. The van der Waals surface area contributed by atoms with Gasteiger partial charge in [-0.1, -0.05) is 24.3 Å². The zero-order valence-corrected chi connectivity index (χ0v) is 12.4. The van der Waals surface area contributed by atoms with Crippen LogP contribution in [-0.4, -0.2) is 31.5 Å². The smallest absolute Gasteiger partial charge is 0.220 e. The van der Waals surface area contributed by atoms with E-state index in [-0.39, 0.29) is 11.3 Å². The SMILES string of the molecule is COCC(Cl)CCNC(=O)CCc1ccccc1C. The number of hydrogen-bond acceptors (Lipinski definition) is 2. The summed E-state index contributed by atoms with van der Waals surface area (Å²) in [6, 6.07) is 8.14. The van der Waals surface area contributed by atoms with Gasteiger partial charge in [-0.2, -0.15) is 0 Å². The molecule has 0 aliphatic carbocycles. The first-order valence-corrected chi connectivity index (χ1v) is 7.01. The summed E-state index contributed by atoms with van der Waals surface area (Å²) in [5, 5.41) is 2.84. The Balaban J connectivity index is 2.20. The lowest BCUT2D eigenvalue weighted by molar-refractivity contribution is -0.121. The van der Waals surface area contributed by atoms with Crippen molar-refractivity contribution in [1.29, 1.82) is 0 Å². The summed E-state index contributed by atoms with van der Waals surface area (Å²) in [6.45, 7) is 3.18. The number of carbonyl (C=O) groups is 1. The van der Waals surface area contributed by atoms with Gasteiger partial charge >= 0.3 is 0 Å². The van der Waals surface area contributed by atoms with E-state index < -0.39 is 0 Å². The normalized spacial score (nSPS) is 12.2. The van der Waals surface area contributed by atoms with Crippen molar-refractivity contribution in [1.82, 2.24) is 5.32 Å². The summed E-state index contributed by atoms with van der Waals surface area (Å²) < 4.78 is 4.94. The first-order valence-electron chi connectivity index (χ1n) is 6.57. The molecule has 0 aromatic heterocycles. The van der Waals surface area contributed by atoms with Crippen LogP contribution in [0.25, 0.3) is 0 Å².